The highest BCUT2D eigenvalue weighted by molar-refractivity contribution is 9.11. The molecule has 0 fully saturated rings. The second-order valence-corrected chi connectivity index (χ2v) is 5.49. The molecule has 0 aromatic heterocycles. The van der Waals surface area contributed by atoms with Crippen molar-refractivity contribution in [3.8, 4) is 5.75 Å². The lowest BCUT2D eigenvalue weighted by molar-refractivity contribution is -0.145. The van der Waals surface area contributed by atoms with E-state index in [1.807, 2.05) is 6.92 Å². The Morgan fingerprint density at radius 2 is 1.94 bits per heavy atom. The van der Waals surface area contributed by atoms with Crippen molar-refractivity contribution in [3.05, 3.63) is 26.6 Å². The van der Waals surface area contributed by atoms with Crippen molar-refractivity contribution in [1.82, 2.24) is 0 Å². The fourth-order valence-electron chi connectivity index (χ4n) is 1.45. The third-order valence-corrected chi connectivity index (χ3v) is 3.51. The summed E-state index contributed by atoms with van der Waals surface area (Å²) in [6, 6.07) is 3.40. The molecule has 0 heterocycles. The third kappa shape index (κ3) is 3.96. The zero-order chi connectivity index (χ0) is 13.7. The molecule has 0 saturated heterocycles. The monoisotopic (exact) mass is 380 g/mol. The van der Waals surface area contributed by atoms with Crippen LogP contribution >= 0.6 is 31.9 Å². The molecule has 4 nitrogen and oxygen atoms in total. The summed E-state index contributed by atoms with van der Waals surface area (Å²) in [4.78, 5) is 11.0. The molecule has 1 rings (SSSR count). The summed E-state index contributed by atoms with van der Waals surface area (Å²) >= 11 is 6.62. The Morgan fingerprint density at radius 3 is 2.33 bits per heavy atom. The number of hydrogen-bond acceptors (Lipinski definition) is 3. The summed E-state index contributed by atoms with van der Waals surface area (Å²) in [5, 5.41) is 18.1. The zero-order valence-corrected chi connectivity index (χ0v) is 13.0. The average Bonchev–Trinajstić information content (AvgIpc) is 2.31. The highest BCUT2D eigenvalue weighted by Crippen LogP contribution is 2.35. The molecule has 100 valence electrons. The SMILES string of the molecule is CCCC(Oc1c(Br)cc(CO)cc1Br)C(=O)O. The molecule has 1 atom stereocenters. The summed E-state index contributed by atoms with van der Waals surface area (Å²) in [6.07, 6.45) is 0.291. The van der Waals surface area contributed by atoms with E-state index in [9.17, 15) is 4.79 Å². The van der Waals surface area contributed by atoms with Crippen LogP contribution in [0.25, 0.3) is 0 Å². The van der Waals surface area contributed by atoms with Gasteiger partial charge in [-0.25, -0.2) is 4.79 Å². The minimum atomic E-state index is -0.984. The Bertz CT molecular complexity index is 411. The second-order valence-electron chi connectivity index (χ2n) is 3.78. The second kappa shape index (κ2) is 7.11. The molecule has 18 heavy (non-hydrogen) atoms. The zero-order valence-electron chi connectivity index (χ0n) is 9.82. The van der Waals surface area contributed by atoms with Gasteiger partial charge >= 0.3 is 5.97 Å². The first-order valence-electron chi connectivity index (χ1n) is 5.47. The maximum Gasteiger partial charge on any atom is 0.344 e. The van der Waals surface area contributed by atoms with Crippen molar-refractivity contribution >= 4 is 37.8 Å². The van der Waals surface area contributed by atoms with Crippen molar-refractivity contribution in [3.63, 3.8) is 0 Å². The molecule has 1 aromatic rings. The van der Waals surface area contributed by atoms with Crippen LogP contribution < -0.4 is 4.74 Å². The lowest BCUT2D eigenvalue weighted by atomic mass is 10.2. The highest BCUT2D eigenvalue weighted by Gasteiger charge is 2.21. The van der Waals surface area contributed by atoms with Gasteiger partial charge in [0.05, 0.1) is 15.6 Å². The molecule has 0 bridgehead atoms. The van der Waals surface area contributed by atoms with Crippen LogP contribution in [-0.2, 0) is 11.4 Å². The van der Waals surface area contributed by atoms with Crippen LogP contribution in [-0.4, -0.2) is 22.3 Å². The van der Waals surface area contributed by atoms with Gasteiger partial charge in [-0.15, -0.1) is 0 Å². The van der Waals surface area contributed by atoms with Crippen LogP contribution in [0.3, 0.4) is 0 Å². The summed E-state index contributed by atoms with van der Waals surface area (Å²) in [7, 11) is 0. The molecule has 0 aliphatic heterocycles. The minimum Gasteiger partial charge on any atom is -0.479 e. The topological polar surface area (TPSA) is 66.8 Å². The molecule has 0 spiro atoms. The van der Waals surface area contributed by atoms with Gasteiger partial charge in [-0.3, -0.25) is 0 Å². The number of carboxylic acids is 1. The van der Waals surface area contributed by atoms with E-state index in [1.54, 1.807) is 12.1 Å². The number of carboxylic acid groups (broad SMARTS) is 1. The summed E-state index contributed by atoms with van der Waals surface area (Å²) < 4.78 is 6.73. The Balaban J connectivity index is 2.99. The van der Waals surface area contributed by atoms with Crippen LogP contribution in [0, 0.1) is 0 Å². The van der Waals surface area contributed by atoms with Crippen molar-refractivity contribution in [1.29, 1.82) is 0 Å². The standard InChI is InChI=1S/C12H14Br2O4/c1-2-3-10(12(16)17)18-11-8(13)4-7(6-15)5-9(11)14/h4-5,10,15H,2-3,6H2,1H3,(H,16,17). The molecule has 2 N–H and O–H groups in total. The van der Waals surface area contributed by atoms with Gasteiger partial charge in [0.25, 0.3) is 0 Å². The normalized spacial score (nSPS) is 12.2. The lowest BCUT2D eigenvalue weighted by Gasteiger charge is -2.17. The van der Waals surface area contributed by atoms with Crippen molar-refractivity contribution in [2.75, 3.05) is 0 Å². The maximum atomic E-state index is 11.0. The Labute approximate surface area is 122 Å². The molecular weight excluding hydrogens is 368 g/mol. The number of ether oxygens (including phenoxy) is 1. The largest absolute Gasteiger partial charge is 0.479 e. The van der Waals surface area contributed by atoms with Gasteiger partial charge in [0.1, 0.15) is 5.75 Å². The first kappa shape index (κ1) is 15.5. The van der Waals surface area contributed by atoms with E-state index < -0.39 is 12.1 Å². The summed E-state index contributed by atoms with van der Waals surface area (Å²) in [5.74, 6) is -0.546. The first-order chi connectivity index (χ1) is 8.49. The Kier molecular flexibility index (Phi) is 6.11. The lowest BCUT2D eigenvalue weighted by Crippen LogP contribution is -2.27. The highest BCUT2D eigenvalue weighted by atomic mass is 79.9. The van der Waals surface area contributed by atoms with Crippen molar-refractivity contribution in [2.45, 2.75) is 32.5 Å². The molecule has 0 aliphatic rings. The number of hydrogen-bond donors (Lipinski definition) is 2. The maximum absolute atomic E-state index is 11.0. The van der Waals surface area contributed by atoms with Gasteiger partial charge in [0.2, 0.25) is 0 Å². The van der Waals surface area contributed by atoms with E-state index in [2.05, 4.69) is 31.9 Å². The third-order valence-electron chi connectivity index (χ3n) is 2.33. The minimum absolute atomic E-state index is 0.0885. The predicted molar refractivity (Wildman–Crippen MR) is 74.7 cm³/mol. The number of aliphatic hydroxyl groups is 1. The number of aliphatic carboxylic acids is 1. The van der Waals surface area contributed by atoms with Crippen LogP contribution in [0.4, 0.5) is 0 Å². The fourth-order valence-corrected chi connectivity index (χ4v) is 2.92. The van der Waals surface area contributed by atoms with Gasteiger partial charge < -0.3 is 14.9 Å². The van der Waals surface area contributed by atoms with E-state index in [0.29, 0.717) is 26.7 Å². The molecule has 0 saturated carbocycles. The first-order valence-corrected chi connectivity index (χ1v) is 7.06. The smallest absolute Gasteiger partial charge is 0.344 e. The van der Waals surface area contributed by atoms with Crippen LogP contribution in [0.1, 0.15) is 25.3 Å². The number of aliphatic hydroxyl groups excluding tert-OH is 1. The van der Waals surface area contributed by atoms with E-state index in [4.69, 9.17) is 14.9 Å². The predicted octanol–water partition coefficient (Wildman–Crippen LogP) is 3.34. The fraction of sp³-hybridized carbons (Fsp3) is 0.417. The van der Waals surface area contributed by atoms with Gasteiger partial charge in [-0.05, 0) is 56.0 Å². The quantitative estimate of drug-likeness (QED) is 0.792. The molecule has 0 aliphatic carbocycles. The van der Waals surface area contributed by atoms with E-state index >= 15 is 0 Å². The average molecular weight is 382 g/mol. The van der Waals surface area contributed by atoms with E-state index in [-0.39, 0.29) is 6.61 Å². The van der Waals surface area contributed by atoms with Crippen molar-refractivity contribution < 1.29 is 19.7 Å². The molecule has 1 aromatic carbocycles. The molecular formula is C12H14Br2O4. The number of rotatable bonds is 6. The molecule has 6 heteroatoms. The Hall–Kier alpha value is -0.590. The summed E-state index contributed by atoms with van der Waals surface area (Å²) in [5.41, 5.74) is 0.712. The van der Waals surface area contributed by atoms with E-state index in [1.165, 1.54) is 0 Å². The molecule has 0 amide bonds. The van der Waals surface area contributed by atoms with Crippen LogP contribution in [0.2, 0.25) is 0 Å². The Morgan fingerprint density at radius 1 is 1.39 bits per heavy atom. The number of carbonyl (C=O) groups is 1. The van der Waals surface area contributed by atoms with Crippen LogP contribution in [0.5, 0.6) is 5.75 Å². The molecule has 1 unspecified atom stereocenters. The number of benzene rings is 1. The van der Waals surface area contributed by atoms with E-state index in [0.717, 1.165) is 6.42 Å². The van der Waals surface area contributed by atoms with Gasteiger partial charge in [0.15, 0.2) is 6.10 Å². The van der Waals surface area contributed by atoms with Crippen molar-refractivity contribution in [2.24, 2.45) is 0 Å². The van der Waals surface area contributed by atoms with Gasteiger partial charge in [0, 0.05) is 0 Å². The van der Waals surface area contributed by atoms with Gasteiger partial charge in [-0.1, -0.05) is 13.3 Å². The number of halogens is 2. The molecule has 0 radical (unpaired) electrons. The van der Waals surface area contributed by atoms with Gasteiger partial charge in [-0.2, -0.15) is 0 Å². The summed E-state index contributed by atoms with van der Waals surface area (Å²) in [6.45, 7) is 1.81. The van der Waals surface area contributed by atoms with Crippen LogP contribution in [0.15, 0.2) is 21.1 Å².